The lowest BCUT2D eigenvalue weighted by atomic mass is 9.82. The predicted molar refractivity (Wildman–Crippen MR) is 71.0 cm³/mol. The fraction of sp³-hybridized carbons (Fsp3) is 0.667. The number of nitrogens with zero attached hydrogens (tertiary/aromatic N) is 2. The molecule has 0 bridgehead atoms. The number of nitrogens with one attached hydrogen (secondary N) is 1. The van der Waals surface area contributed by atoms with E-state index in [9.17, 15) is 5.11 Å². The fourth-order valence-electron chi connectivity index (χ4n) is 1.90. The van der Waals surface area contributed by atoms with E-state index in [1.807, 2.05) is 6.07 Å². The van der Waals surface area contributed by atoms with Gasteiger partial charge in [0.25, 0.3) is 0 Å². The third-order valence-corrected chi connectivity index (χ3v) is 3.42. The molecule has 0 saturated heterocycles. The molecule has 0 atom stereocenters. The van der Waals surface area contributed by atoms with Crippen molar-refractivity contribution in [1.29, 1.82) is 0 Å². The number of aliphatic hydroxyl groups is 1. The van der Waals surface area contributed by atoms with Crippen molar-refractivity contribution in [2.24, 2.45) is 5.92 Å². The van der Waals surface area contributed by atoms with Crippen LogP contribution in [-0.2, 0) is 0 Å². The van der Waals surface area contributed by atoms with Gasteiger partial charge in [-0.1, -0.05) is 13.8 Å². The molecule has 1 heterocycles. The lowest BCUT2D eigenvalue weighted by molar-refractivity contribution is 0.0486. The maximum atomic E-state index is 9.22. The number of aliphatic hydroxyl groups excluding tert-OH is 1. The van der Waals surface area contributed by atoms with E-state index in [4.69, 9.17) is 0 Å². The van der Waals surface area contributed by atoms with Crippen LogP contribution in [0.3, 0.4) is 0 Å². The molecule has 4 nitrogen and oxygen atoms in total. The quantitative estimate of drug-likeness (QED) is 0.839. The molecule has 0 aromatic carbocycles. The van der Waals surface area contributed by atoms with Gasteiger partial charge in [-0.15, -0.1) is 0 Å². The highest BCUT2D eigenvalue weighted by atomic mass is 79.9. The van der Waals surface area contributed by atoms with Crippen molar-refractivity contribution in [3.8, 4) is 0 Å². The summed E-state index contributed by atoms with van der Waals surface area (Å²) in [5, 5.41) is 12.5. The van der Waals surface area contributed by atoms with E-state index in [1.54, 1.807) is 0 Å². The van der Waals surface area contributed by atoms with Crippen LogP contribution in [0.25, 0.3) is 0 Å². The first-order chi connectivity index (χ1) is 8.04. The molecule has 1 aromatic heterocycles. The zero-order valence-corrected chi connectivity index (χ0v) is 11.7. The van der Waals surface area contributed by atoms with Gasteiger partial charge in [-0.05, 0) is 34.7 Å². The van der Waals surface area contributed by atoms with Gasteiger partial charge in [0.1, 0.15) is 16.2 Å². The minimum atomic E-state index is -0.0924. The molecule has 1 aliphatic rings. The number of rotatable bonds is 4. The highest BCUT2D eigenvalue weighted by Crippen LogP contribution is 2.27. The molecule has 2 N–H and O–H groups in total. The normalized spacial score (nSPS) is 23.6. The van der Waals surface area contributed by atoms with Crippen LogP contribution in [0, 0.1) is 5.92 Å². The molecule has 0 aliphatic heterocycles. The number of aromatic nitrogens is 2. The van der Waals surface area contributed by atoms with Crippen molar-refractivity contribution in [3.63, 3.8) is 0 Å². The van der Waals surface area contributed by atoms with Crippen LogP contribution >= 0.6 is 15.9 Å². The molecule has 0 unspecified atom stereocenters. The highest BCUT2D eigenvalue weighted by Gasteiger charge is 2.26. The molecule has 94 valence electrons. The average Bonchev–Trinajstić information content (AvgIpc) is 2.22. The monoisotopic (exact) mass is 299 g/mol. The Labute approximate surface area is 110 Å². The maximum absolute atomic E-state index is 9.22. The van der Waals surface area contributed by atoms with Crippen molar-refractivity contribution in [3.05, 3.63) is 16.5 Å². The summed E-state index contributed by atoms with van der Waals surface area (Å²) in [5.74, 6) is 2.59. The van der Waals surface area contributed by atoms with Gasteiger partial charge in [0.15, 0.2) is 0 Å². The fourth-order valence-corrected chi connectivity index (χ4v) is 2.30. The van der Waals surface area contributed by atoms with E-state index < -0.39 is 0 Å². The van der Waals surface area contributed by atoms with E-state index in [1.165, 1.54) is 0 Å². The summed E-state index contributed by atoms with van der Waals surface area (Å²) in [4.78, 5) is 8.80. The second-order valence-corrected chi connectivity index (χ2v) is 5.77. The second kappa shape index (κ2) is 5.31. The van der Waals surface area contributed by atoms with Crippen LogP contribution in [0.1, 0.15) is 38.4 Å². The Morgan fingerprint density at radius 2 is 2.18 bits per heavy atom. The Kier molecular flexibility index (Phi) is 3.99. The number of hydrogen-bond donors (Lipinski definition) is 2. The SMILES string of the molecule is CC(C)c1nc(Br)cc(NCC2CC(O)C2)n1. The van der Waals surface area contributed by atoms with Crippen molar-refractivity contribution in [2.75, 3.05) is 11.9 Å². The Morgan fingerprint density at radius 3 is 2.76 bits per heavy atom. The first-order valence-corrected chi connectivity index (χ1v) is 6.80. The third-order valence-electron chi connectivity index (χ3n) is 3.01. The summed E-state index contributed by atoms with van der Waals surface area (Å²) in [6.45, 7) is 5.03. The minimum Gasteiger partial charge on any atom is -0.393 e. The van der Waals surface area contributed by atoms with Gasteiger partial charge >= 0.3 is 0 Å². The lowest BCUT2D eigenvalue weighted by Gasteiger charge is -2.31. The van der Waals surface area contributed by atoms with Gasteiger partial charge in [-0.3, -0.25) is 0 Å². The molecule has 5 heteroatoms. The number of hydrogen-bond acceptors (Lipinski definition) is 4. The van der Waals surface area contributed by atoms with E-state index in [2.05, 4.69) is 45.1 Å². The maximum Gasteiger partial charge on any atom is 0.134 e. The summed E-state index contributed by atoms with van der Waals surface area (Å²) >= 11 is 3.40. The Balaban J connectivity index is 1.95. The average molecular weight is 300 g/mol. The Bertz CT molecular complexity index is 391. The summed E-state index contributed by atoms with van der Waals surface area (Å²) in [6, 6.07) is 1.89. The molecule has 1 fully saturated rings. The van der Waals surface area contributed by atoms with Crippen LogP contribution in [0.5, 0.6) is 0 Å². The van der Waals surface area contributed by atoms with Crippen molar-refractivity contribution < 1.29 is 5.11 Å². The van der Waals surface area contributed by atoms with Crippen LogP contribution < -0.4 is 5.32 Å². The topological polar surface area (TPSA) is 58.0 Å². The Morgan fingerprint density at radius 1 is 1.47 bits per heavy atom. The van der Waals surface area contributed by atoms with Gasteiger partial charge in [0.2, 0.25) is 0 Å². The molecule has 1 aromatic rings. The molecular weight excluding hydrogens is 282 g/mol. The van der Waals surface area contributed by atoms with Crippen LogP contribution in [0.4, 0.5) is 5.82 Å². The van der Waals surface area contributed by atoms with Gasteiger partial charge in [0.05, 0.1) is 6.10 Å². The molecule has 0 amide bonds. The van der Waals surface area contributed by atoms with Gasteiger partial charge in [-0.25, -0.2) is 9.97 Å². The predicted octanol–water partition coefficient (Wildman–Crippen LogP) is 2.55. The highest BCUT2D eigenvalue weighted by molar-refractivity contribution is 9.10. The molecule has 1 saturated carbocycles. The zero-order chi connectivity index (χ0) is 12.4. The van der Waals surface area contributed by atoms with Crippen molar-refractivity contribution >= 4 is 21.7 Å². The zero-order valence-electron chi connectivity index (χ0n) is 10.2. The summed E-state index contributed by atoms with van der Waals surface area (Å²) < 4.78 is 0.812. The lowest BCUT2D eigenvalue weighted by Crippen LogP contribution is -2.33. The van der Waals surface area contributed by atoms with Gasteiger partial charge in [0, 0.05) is 18.5 Å². The van der Waals surface area contributed by atoms with Gasteiger partial charge in [-0.2, -0.15) is 0 Å². The van der Waals surface area contributed by atoms with E-state index in [-0.39, 0.29) is 6.10 Å². The Hall–Kier alpha value is -0.680. The molecule has 0 spiro atoms. The van der Waals surface area contributed by atoms with E-state index >= 15 is 0 Å². The third kappa shape index (κ3) is 3.39. The number of anilines is 1. The van der Waals surface area contributed by atoms with Crippen molar-refractivity contribution in [1.82, 2.24) is 9.97 Å². The molecular formula is C12H18BrN3O. The smallest absolute Gasteiger partial charge is 0.134 e. The standard InChI is InChI=1S/C12H18BrN3O/c1-7(2)12-15-10(13)5-11(16-12)14-6-8-3-9(17)4-8/h5,7-9,17H,3-4,6H2,1-2H3,(H,14,15,16). The molecule has 1 aliphatic carbocycles. The molecule has 2 rings (SSSR count). The van der Waals surface area contributed by atoms with Gasteiger partial charge < -0.3 is 10.4 Å². The van der Waals surface area contributed by atoms with E-state index in [0.717, 1.165) is 35.6 Å². The first kappa shape index (κ1) is 12.8. The molecule has 0 radical (unpaired) electrons. The first-order valence-electron chi connectivity index (χ1n) is 6.01. The molecule has 17 heavy (non-hydrogen) atoms. The van der Waals surface area contributed by atoms with Crippen molar-refractivity contribution in [2.45, 2.75) is 38.7 Å². The second-order valence-electron chi connectivity index (χ2n) is 4.96. The van der Waals surface area contributed by atoms with Crippen LogP contribution in [0.2, 0.25) is 0 Å². The van der Waals surface area contributed by atoms with E-state index in [0.29, 0.717) is 11.8 Å². The van der Waals surface area contributed by atoms with Crippen LogP contribution in [0.15, 0.2) is 10.7 Å². The van der Waals surface area contributed by atoms with Crippen LogP contribution in [-0.4, -0.2) is 27.7 Å². The summed E-state index contributed by atoms with van der Waals surface area (Å²) in [6.07, 6.45) is 1.71. The minimum absolute atomic E-state index is 0.0924. The summed E-state index contributed by atoms with van der Waals surface area (Å²) in [5.41, 5.74) is 0. The number of halogens is 1. The largest absolute Gasteiger partial charge is 0.393 e. The summed E-state index contributed by atoms with van der Waals surface area (Å²) in [7, 11) is 0.